The van der Waals surface area contributed by atoms with Crippen LogP contribution in [0.2, 0.25) is 0 Å². The second-order valence-electron chi connectivity index (χ2n) is 12.5. The third kappa shape index (κ3) is 4.10. The van der Waals surface area contributed by atoms with Gasteiger partial charge in [0, 0.05) is 26.4 Å². The molecule has 0 aliphatic heterocycles. The van der Waals surface area contributed by atoms with E-state index in [2.05, 4.69) is 181 Å². The molecule has 0 aliphatic rings. The minimum absolute atomic E-state index is 1.16. The fraction of sp³-hybridized carbons (Fsp3) is 0. The highest BCUT2D eigenvalue weighted by Crippen LogP contribution is 2.50. The minimum atomic E-state index is 1.16. The van der Waals surface area contributed by atoms with Crippen molar-refractivity contribution < 1.29 is 0 Å². The van der Waals surface area contributed by atoms with Gasteiger partial charge in [0.2, 0.25) is 0 Å². The molecule has 1 nitrogen and oxygen atoms in total. The van der Waals surface area contributed by atoms with E-state index in [1.807, 2.05) is 11.3 Å². The first-order valence-electron chi connectivity index (χ1n) is 16.4. The zero-order chi connectivity index (χ0) is 31.6. The maximum Gasteiger partial charge on any atom is 0.0640 e. The second-order valence-corrected chi connectivity index (χ2v) is 13.5. The summed E-state index contributed by atoms with van der Waals surface area (Å²) in [6, 6.07) is 64.5. The lowest BCUT2D eigenvalue weighted by atomic mass is 9.95. The summed E-state index contributed by atoms with van der Waals surface area (Å²) in [4.78, 5) is 2.51. The standard InChI is InChI=1S/C46H29NS/c1-2-12-30(13-3-1)34-17-8-9-21-41(34)47(43-23-11-20-40-45-35-18-7-5-15-32(35)25-29-44(45)48-46(40)43)42-22-10-19-36-38-26-24-31-14-4-6-16-33(31)37(38)27-28-39(36)42/h1-29H. The van der Waals surface area contributed by atoms with Crippen LogP contribution in [-0.4, -0.2) is 0 Å². The van der Waals surface area contributed by atoms with Crippen molar-refractivity contribution in [3.63, 3.8) is 0 Å². The van der Waals surface area contributed by atoms with Crippen LogP contribution in [0.1, 0.15) is 0 Å². The Morgan fingerprint density at radius 1 is 0.333 bits per heavy atom. The smallest absolute Gasteiger partial charge is 0.0640 e. The highest BCUT2D eigenvalue weighted by molar-refractivity contribution is 7.26. The van der Waals surface area contributed by atoms with E-state index in [1.54, 1.807) is 0 Å². The number of para-hydroxylation sites is 1. The molecule has 0 aliphatic carbocycles. The van der Waals surface area contributed by atoms with Crippen LogP contribution in [0.3, 0.4) is 0 Å². The molecule has 0 bridgehead atoms. The van der Waals surface area contributed by atoms with Crippen LogP contribution in [0.25, 0.3) is 74.4 Å². The molecule has 48 heavy (non-hydrogen) atoms. The molecule has 10 rings (SSSR count). The van der Waals surface area contributed by atoms with Gasteiger partial charge < -0.3 is 4.90 Å². The molecular weight excluding hydrogens is 599 g/mol. The van der Waals surface area contributed by atoms with Crippen LogP contribution in [0.15, 0.2) is 176 Å². The van der Waals surface area contributed by atoms with Crippen molar-refractivity contribution in [2.75, 3.05) is 4.90 Å². The normalized spacial score (nSPS) is 11.8. The summed E-state index contributed by atoms with van der Waals surface area (Å²) in [5, 5.41) is 12.8. The van der Waals surface area contributed by atoms with Crippen LogP contribution in [0.5, 0.6) is 0 Å². The van der Waals surface area contributed by atoms with Crippen molar-refractivity contribution in [3.05, 3.63) is 176 Å². The van der Waals surface area contributed by atoms with Gasteiger partial charge in [-0.05, 0) is 67.5 Å². The third-order valence-electron chi connectivity index (χ3n) is 9.84. The molecule has 0 radical (unpaired) electrons. The topological polar surface area (TPSA) is 3.24 Å². The van der Waals surface area contributed by atoms with E-state index in [0.717, 1.165) is 5.69 Å². The van der Waals surface area contributed by atoms with Crippen molar-refractivity contribution in [1.82, 2.24) is 0 Å². The first-order valence-corrected chi connectivity index (χ1v) is 17.3. The van der Waals surface area contributed by atoms with Gasteiger partial charge in [-0.1, -0.05) is 152 Å². The number of hydrogen-bond acceptors (Lipinski definition) is 2. The van der Waals surface area contributed by atoms with Crippen molar-refractivity contribution in [2.45, 2.75) is 0 Å². The Hall–Kier alpha value is -5.96. The number of rotatable bonds is 4. The molecule has 0 amide bonds. The lowest BCUT2D eigenvalue weighted by Gasteiger charge is -2.29. The van der Waals surface area contributed by atoms with E-state index >= 15 is 0 Å². The molecule has 0 saturated heterocycles. The van der Waals surface area contributed by atoms with Crippen LogP contribution in [0.4, 0.5) is 17.1 Å². The largest absolute Gasteiger partial charge is 0.308 e. The summed E-state index contributed by atoms with van der Waals surface area (Å²) in [5.41, 5.74) is 5.91. The molecule has 0 atom stereocenters. The molecule has 0 spiro atoms. The number of hydrogen-bond donors (Lipinski definition) is 0. The van der Waals surface area contributed by atoms with Crippen LogP contribution < -0.4 is 4.90 Å². The van der Waals surface area contributed by atoms with Gasteiger partial charge >= 0.3 is 0 Å². The Bertz CT molecular complexity index is 2850. The Morgan fingerprint density at radius 3 is 1.77 bits per heavy atom. The summed E-state index contributed by atoms with van der Waals surface area (Å²) in [6.45, 7) is 0. The summed E-state index contributed by atoms with van der Waals surface area (Å²) in [5.74, 6) is 0. The first kappa shape index (κ1) is 27.2. The van der Waals surface area contributed by atoms with E-state index in [0.29, 0.717) is 0 Å². The van der Waals surface area contributed by atoms with E-state index in [4.69, 9.17) is 0 Å². The van der Waals surface area contributed by atoms with Gasteiger partial charge in [-0.3, -0.25) is 0 Å². The van der Waals surface area contributed by atoms with Crippen LogP contribution >= 0.6 is 11.3 Å². The van der Waals surface area contributed by atoms with Crippen LogP contribution in [0, 0.1) is 0 Å². The molecule has 2 heteroatoms. The van der Waals surface area contributed by atoms with Crippen molar-refractivity contribution in [2.24, 2.45) is 0 Å². The molecule has 0 unspecified atom stereocenters. The van der Waals surface area contributed by atoms with E-state index in [1.165, 1.54) is 85.8 Å². The molecule has 1 aromatic heterocycles. The Labute approximate surface area is 282 Å². The molecule has 224 valence electrons. The molecule has 1 heterocycles. The predicted molar refractivity (Wildman–Crippen MR) is 209 cm³/mol. The van der Waals surface area contributed by atoms with E-state index in [9.17, 15) is 0 Å². The average molecular weight is 628 g/mol. The Balaban J connectivity index is 1.31. The molecule has 0 N–H and O–H groups in total. The highest BCUT2D eigenvalue weighted by atomic mass is 32.1. The van der Waals surface area contributed by atoms with Gasteiger partial charge in [-0.15, -0.1) is 11.3 Å². The van der Waals surface area contributed by atoms with Crippen molar-refractivity contribution >= 4 is 91.7 Å². The Kier molecular flexibility index (Phi) is 6.12. The monoisotopic (exact) mass is 627 g/mol. The van der Waals surface area contributed by atoms with Gasteiger partial charge in [-0.2, -0.15) is 0 Å². The Morgan fingerprint density at radius 2 is 0.896 bits per heavy atom. The zero-order valence-electron chi connectivity index (χ0n) is 26.1. The molecular formula is C46H29NS. The first-order chi connectivity index (χ1) is 23.8. The van der Waals surface area contributed by atoms with Gasteiger partial charge in [-0.25, -0.2) is 0 Å². The molecule has 0 saturated carbocycles. The van der Waals surface area contributed by atoms with Gasteiger partial charge in [0.05, 0.1) is 21.8 Å². The number of thiophene rings is 1. The maximum atomic E-state index is 2.51. The maximum absolute atomic E-state index is 2.51. The zero-order valence-corrected chi connectivity index (χ0v) is 26.9. The predicted octanol–water partition coefficient (Wildman–Crippen LogP) is 13.8. The second kappa shape index (κ2) is 10.8. The minimum Gasteiger partial charge on any atom is -0.308 e. The third-order valence-corrected chi connectivity index (χ3v) is 11.0. The summed E-state index contributed by atoms with van der Waals surface area (Å²) < 4.78 is 2.60. The quantitative estimate of drug-likeness (QED) is 0.176. The molecule has 0 fully saturated rings. The van der Waals surface area contributed by atoms with Gasteiger partial charge in [0.1, 0.15) is 0 Å². The number of anilines is 3. The average Bonchev–Trinajstić information content (AvgIpc) is 3.55. The fourth-order valence-corrected chi connectivity index (χ4v) is 8.91. The number of nitrogens with zero attached hydrogens (tertiary/aromatic N) is 1. The van der Waals surface area contributed by atoms with Gasteiger partial charge in [0.25, 0.3) is 0 Å². The molecule has 10 aromatic rings. The van der Waals surface area contributed by atoms with Gasteiger partial charge in [0.15, 0.2) is 0 Å². The lowest BCUT2D eigenvalue weighted by Crippen LogP contribution is -2.12. The number of fused-ring (bicyclic) bond motifs is 10. The summed E-state index contributed by atoms with van der Waals surface area (Å²) in [7, 11) is 0. The summed E-state index contributed by atoms with van der Waals surface area (Å²) >= 11 is 1.89. The van der Waals surface area contributed by atoms with Crippen molar-refractivity contribution in [1.29, 1.82) is 0 Å². The summed E-state index contributed by atoms with van der Waals surface area (Å²) in [6.07, 6.45) is 0. The number of benzene rings is 9. The van der Waals surface area contributed by atoms with E-state index in [-0.39, 0.29) is 0 Å². The SMILES string of the molecule is c1ccc(-c2ccccc2N(c2cccc3c2ccc2c4ccccc4ccc32)c2cccc3c2sc2ccc4ccccc4c23)cc1. The highest BCUT2D eigenvalue weighted by Gasteiger charge is 2.23. The molecule has 9 aromatic carbocycles. The van der Waals surface area contributed by atoms with E-state index < -0.39 is 0 Å². The lowest BCUT2D eigenvalue weighted by molar-refractivity contribution is 1.32. The van der Waals surface area contributed by atoms with Crippen LogP contribution in [-0.2, 0) is 0 Å². The van der Waals surface area contributed by atoms with Crippen molar-refractivity contribution in [3.8, 4) is 11.1 Å². The fourth-order valence-electron chi connectivity index (χ4n) is 7.68.